The van der Waals surface area contributed by atoms with Crippen LogP contribution in [0.2, 0.25) is 0 Å². The summed E-state index contributed by atoms with van der Waals surface area (Å²) >= 11 is 1.20. The van der Waals surface area contributed by atoms with Crippen molar-refractivity contribution in [2.24, 2.45) is 0 Å². The molecule has 2 heterocycles. The second-order valence-corrected chi connectivity index (χ2v) is 4.76. The van der Waals surface area contributed by atoms with Crippen molar-refractivity contribution >= 4 is 29.8 Å². The Hall–Kier alpha value is -0.720. The molecule has 0 radical (unpaired) electrons. The Balaban J connectivity index is 0.00000144. The van der Waals surface area contributed by atoms with E-state index in [4.69, 9.17) is 0 Å². The quantitative estimate of drug-likeness (QED) is 0.874. The summed E-state index contributed by atoms with van der Waals surface area (Å²) in [4.78, 5) is 14.8. The summed E-state index contributed by atoms with van der Waals surface area (Å²) in [6, 6.07) is 0.364. The molecular weight excluding hydrogens is 260 g/mol. The highest BCUT2D eigenvalue weighted by Crippen LogP contribution is 2.15. The maximum atomic E-state index is 12.2. The molecule has 1 saturated heterocycles. The van der Waals surface area contributed by atoms with E-state index in [1.807, 2.05) is 11.8 Å². The maximum Gasteiger partial charge on any atom is 0.267 e. The van der Waals surface area contributed by atoms with Gasteiger partial charge in [-0.2, -0.15) is 0 Å². The van der Waals surface area contributed by atoms with E-state index >= 15 is 0 Å². The first-order valence-electron chi connectivity index (χ1n) is 5.56. The molecule has 96 valence electrons. The predicted octanol–water partition coefficient (Wildman–Crippen LogP) is 0.956. The lowest BCUT2D eigenvalue weighted by Crippen LogP contribution is -2.51. The molecule has 17 heavy (non-hydrogen) atoms. The topological polar surface area (TPSA) is 58.1 Å². The van der Waals surface area contributed by atoms with Gasteiger partial charge < -0.3 is 10.2 Å². The highest BCUT2D eigenvalue weighted by atomic mass is 35.5. The van der Waals surface area contributed by atoms with E-state index in [1.165, 1.54) is 11.5 Å². The van der Waals surface area contributed by atoms with Crippen LogP contribution in [0.5, 0.6) is 0 Å². The number of halogens is 1. The van der Waals surface area contributed by atoms with E-state index in [2.05, 4.69) is 21.8 Å². The third-order valence-electron chi connectivity index (χ3n) is 2.74. The lowest BCUT2D eigenvalue weighted by molar-refractivity contribution is 0.0712. The maximum absolute atomic E-state index is 12.2. The molecule has 0 aliphatic carbocycles. The van der Waals surface area contributed by atoms with Crippen LogP contribution in [-0.2, 0) is 6.42 Å². The lowest BCUT2D eigenvalue weighted by Gasteiger charge is -2.31. The van der Waals surface area contributed by atoms with Crippen molar-refractivity contribution in [1.82, 2.24) is 19.8 Å². The Kier molecular flexibility index (Phi) is 5.30. The fourth-order valence-corrected chi connectivity index (χ4v) is 2.58. The number of piperazine rings is 1. The van der Waals surface area contributed by atoms with E-state index in [0.717, 1.165) is 31.7 Å². The van der Waals surface area contributed by atoms with E-state index < -0.39 is 0 Å². The molecule has 0 saturated carbocycles. The molecule has 1 aliphatic rings. The molecule has 0 spiro atoms. The van der Waals surface area contributed by atoms with Crippen LogP contribution in [0.15, 0.2) is 0 Å². The largest absolute Gasteiger partial charge is 0.335 e. The Labute approximate surface area is 111 Å². The zero-order chi connectivity index (χ0) is 11.5. The normalized spacial score (nSPS) is 19.9. The van der Waals surface area contributed by atoms with Crippen LogP contribution >= 0.6 is 23.9 Å². The summed E-state index contributed by atoms with van der Waals surface area (Å²) in [6.07, 6.45) is 0.763. The van der Waals surface area contributed by atoms with Crippen LogP contribution in [-0.4, -0.2) is 46.1 Å². The van der Waals surface area contributed by atoms with Crippen molar-refractivity contribution in [2.45, 2.75) is 26.3 Å². The van der Waals surface area contributed by atoms with E-state index in [0.29, 0.717) is 10.9 Å². The Bertz CT molecular complexity index is 384. The third-order valence-corrected chi connectivity index (χ3v) is 3.50. The zero-order valence-electron chi connectivity index (χ0n) is 9.97. The second-order valence-electron chi connectivity index (χ2n) is 4.01. The molecule has 0 bridgehead atoms. The summed E-state index contributed by atoms with van der Waals surface area (Å²) in [5.74, 6) is 0.0835. The monoisotopic (exact) mass is 276 g/mol. The first-order valence-corrected chi connectivity index (χ1v) is 6.33. The van der Waals surface area contributed by atoms with Gasteiger partial charge in [-0.25, -0.2) is 0 Å². The van der Waals surface area contributed by atoms with Gasteiger partial charge in [0.2, 0.25) is 0 Å². The molecule has 1 aromatic rings. The van der Waals surface area contributed by atoms with Crippen LogP contribution in [0.3, 0.4) is 0 Å². The number of hydrogen-bond acceptors (Lipinski definition) is 5. The number of aromatic nitrogens is 2. The molecule has 0 unspecified atom stereocenters. The average Bonchev–Trinajstić information content (AvgIpc) is 2.76. The Morgan fingerprint density at radius 2 is 2.41 bits per heavy atom. The van der Waals surface area contributed by atoms with Crippen LogP contribution in [0.1, 0.15) is 29.2 Å². The Morgan fingerprint density at radius 3 is 3.06 bits per heavy atom. The van der Waals surface area contributed by atoms with Crippen molar-refractivity contribution in [3.8, 4) is 0 Å². The van der Waals surface area contributed by atoms with Gasteiger partial charge >= 0.3 is 0 Å². The van der Waals surface area contributed by atoms with Crippen molar-refractivity contribution in [1.29, 1.82) is 0 Å². The summed E-state index contributed by atoms with van der Waals surface area (Å²) in [5.41, 5.74) is 0.821. The minimum Gasteiger partial charge on any atom is -0.335 e. The number of amides is 1. The third kappa shape index (κ3) is 3.14. The van der Waals surface area contributed by atoms with Gasteiger partial charge in [0, 0.05) is 25.7 Å². The summed E-state index contributed by atoms with van der Waals surface area (Å²) in [5, 5.41) is 7.29. The van der Waals surface area contributed by atoms with Gasteiger partial charge in [-0.15, -0.1) is 17.5 Å². The fraction of sp³-hybridized carbons (Fsp3) is 0.700. The minimum atomic E-state index is 0. The highest BCUT2D eigenvalue weighted by molar-refractivity contribution is 7.08. The van der Waals surface area contributed by atoms with Crippen molar-refractivity contribution in [2.75, 3.05) is 19.6 Å². The summed E-state index contributed by atoms with van der Waals surface area (Å²) in [6.45, 7) is 6.48. The number of rotatable bonds is 2. The first-order chi connectivity index (χ1) is 7.72. The van der Waals surface area contributed by atoms with E-state index in [9.17, 15) is 4.79 Å². The molecule has 5 nitrogen and oxygen atoms in total. The van der Waals surface area contributed by atoms with Gasteiger partial charge in [-0.05, 0) is 24.9 Å². The molecule has 1 N–H and O–H groups in total. The molecular formula is C10H17ClN4OS. The molecule has 1 atom stereocenters. The number of carbonyl (C=O) groups excluding carboxylic acids is 1. The smallest absolute Gasteiger partial charge is 0.267 e. The zero-order valence-corrected chi connectivity index (χ0v) is 11.6. The van der Waals surface area contributed by atoms with Gasteiger partial charge in [-0.3, -0.25) is 4.79 Å². The molecule has 1 fully saturated rings. The molecule has 1 aliphatic heterocycles. The van der Waals surface area contributed by atoms with E-state index in [1.54, 1.807) is 0 Å². The van der Waals surface area contributed by atoms with Gasteiger partial charge in [0.15, 0.2) is 0 Å². The lowest BCUT2D eigenvalue weighted by atomic mass is 10.2. The number of nitrogens with zero attached hydrogens (tertiary/aromatic N) is 3. The molecule has 1 aromatic heterocycles. The first kappa shape index (κ1) is 14.3. The van der Waals surface area contributed by atoms with Crippen molar-refractivity contribution < 1.29 is 4.79 Å². The van der Waals surface area contributed by atoms with Gasteiger partial charge in [-0.1, -0.05) is 11.4 Å². The molecule has 1 amide bonds. The second kappa shape index (κ2) is 6.28. The molecule has 2 rings (SSSR count). The van der Waals surface area contributed by atoms with Crippen molar-refractivity contribution in [3.05, 3.63) is 10.6 Å². The van der Waals surface area contributed by atoms with Crippen LogP contribution < -0.4 is 5.32 Å². The highest BCUT2D eigenvalue weighted by Gasteiger charge is 2.25. The predicted molar refractivity (Wildman–Crippen MR) is 69.9 cm³/mol. The number of aryl methyl sites for hydroxylation is 1. The SMILES string of the molecule is CCc1nnsc1C(=O)N1CCN[C@H](C)C1.Cl. The van der Waals surface area contributed by atoms with Gasteiger partial charge in [0.1, 0.15) is 4.88 Å². The van der Waals surface area contributed by atoms with Crippen molar-refractivity contribution in [3.63, 3.8) is 0 Å². The van der Waals surface area contributed by atoms with Crippen LogP contribution in [0.4, 0.5) is 0 Å². The van der Waals surface area contributed by atoms with Gasteiger partial charge in [0.05, 0.1) is 5.69 Å². The Morgan fingerprint density at radius 1 is 1.65 bits per heavy atom. The fourth-order valence-electron chi connectivity index (χ4n) is 1.86. The van der Waals surface area contributed by atoms with Crippen LogP contribution in [0.25, 0.3) is 0 Å². The van der Waals surface area contributed by atoms with Gasteiger partial charge in [0.25, 0.3) is 5.91 Å². The number of carbonyl (C=O) groups is 1. The molecule has 0 aromatic carbocycles. The van der Waals surface area contributed by atoms with E-state index in [-0.39, 0.29) is 18.3 Å². The molecule has 7 heteroatoms. The summed E-state index contributed by atoms with van der Waals surface area (Å²) < 4.78 is 3.86. The number of nitrogens with one attached hydrogen (secondary N) is 1. The summed E-state index contributed by atoms with van der Waals surface area (Å²) in [7, 11) is 0. The number of hydrogen-bond donors (Lipinski definition) is 1. The van der Waals surface area contributed by atoms with Crippen LogP contribution in [0, 0.1) is 0 Å². The average molecular weight is 277 g/mol. The standard InChI is InChI=1S/C10H16N4OS.ClH/c1-3-8-9(16-13-12-8)10(15)14-5-4-11-7(2)6-14;/h7,11H,3-6H2,1-2H3;1H/t7-;/m1./s1. The minimum absolute atomic E-state index is 0.